The van der Waals surface area contributed by atoms with Crippen molar-refractivity contribution in [1.29, 1.82) is 0 Å². The van der Waals surface area contributed by atoms with Crippen LogP contribution in [0.4, 0.5) is 4.39 Å². The SMILES string of the molecule is CCC#C[C@](C)(CCC/C=C/CF)COCCOC. The molecule has 0 spiro atoms. The van der Waals surface area contributed by atoms with Gasteiger partial charge in [-0.05, 0) is 26.2 Å². The van der Waals surface area contributed by atoms with Crippen LogP contribution in [0, 0.1) is 17.3 Å². The molecule has 0 heterocycles. The third-order valence-corrected chi connectivity index (χ3v) is 2.77. The number of hydrogen-bond donors (Lipinski definition) is 0. The van der Waals surface area contributed by atoms with Crippen LogP contribution in [0.3, 0.4) is 0 Å². The molecular formula is C16H27FO2. The normalized spacial score (nSPS) is 14.1. The van der Waals surface area contributed by atoms with Gasteiger partial charge in [0.2, 0.25) is 0 Å². The minimum absolute atomic E-state index is 0.118. The highest BCUT2D eigenvalue weighted by molar-refractivity contribution is 5.10. The fourth-order valence-corrected chi connectivity index (χ4v) is 1.70. The Bertz CT molecular complexity index is 291. The minimum atomic E-state index is -0.382. The lowest BCUT2D eigenvalue weighted by atomic mass is 9.86. The van der Waals surface area contributed by atoms with Gasteiger partial charge >= 0.3 is 0 Å². The summed E-state index contributed by atoms with van der Waals surface area (Å²) in [4.78, 5) is 0. The van der Waals surface area contributed by atoms with Gasteiger partial charge in [-0.1, -0.05) is 25.0 Å². The van der Waals surface area contributed by atoms with E-state index >= 15 is 0 Å². The van der Waals surface area contributed by atoms with Gasteiger partial charge < -0.3 is 9.47 Å². The van der Waals surface area contributed by atoms with Gasteiger partial charge in [0.15, 0.2) is 0 Å². The number of rotatable bonds is 10. The lowest BCUT2D eigenvalue weighted by Gasteiger charge is -2.23. The Morgan fingerprint density at radius 2 is 2.05 bits per heavy atom. The molecule has 0 aliphatic rings. The Kier molecular flexibility index (Phi) is 11.7. The average Bonchev–Trinajstić information content (AvgIpc) is 2.41. The first-order valence-corrected chi connectivity index (χ1v) is 6.96. The number of methoxy groups -OCH3 is 1. The van der Waals surface area contributed by atoms with E-state index in [9.17, 15) is 4.39 Å². The smallest absolute Gasteiger partial charge is 0.108 e. The van der Waals surface area contributed by atoms with E-state index in [4.69, 9.17) is 9.47 Å². The highest BCUT2D eigenvalue weighted by Gasteiger charge is 2.21. The van der Waals surface area contributed by atoms with Crippen molar-refractivity contribution in [2.75, 3.05) is 33.6 Å². The molecule has 0 saturated heterocycles. The van der Waals surface area contributed by atoms with Crippen LogP contribution in [0.2, 0.25) is 0 Å². The number of ether oxygens (including phenoxy) is 2. The molecule has 3 heteroatoms. The zero-order valence-electron chi connectivity index (χ0n) is 12.5. The molecule has 0 radical (unpaired) electrons. The molecule has 0 bridgehead atoms. The van der Waals surface area contributed by atoms with Crippen molar-refractivity contribution in [1.82, 2.24) is 0 Å². The fraction of sp³-hybridized carbons (Fsp3) is 0.750. The van der Waals surface area contributed by atoms with Gasteiger partial charge in [0.1, 0.15) is 6.67 Å². The molecule has 2 nitrogen and oxygen atoms in total. The number of alkyl halides is 1. The van der Waals surface area contributed by atoms with Crippen LogP contribution in [-0.2, 0) is 9.47 Å². The van der Waals surface area contributed by atoms with Crippen molar-refractivity contribution in [2.45, 2.75) is 39.5 Å². The third-order valence-electron chi connectivity index (χ3n) is 2.77. The summed E-state index contributed by atoms with van der Waals surface area (Å²) in [6, 6.07) is 0. The molecular weight excluding hydrogens is 243 g/mol. The minimum Gasteiger partial charge on any atom is -0.382 e. The van der Waals surface area contributed by atoms with E-state index in [1.165, 1.54) is 0 Å². The second-order valence-corrected chi connectivity index (χ2v) is 4.78. The molecule has 0 rings (SSSR count). The van der Waals surface area contributed by atoms with E-state index in [0.717, 1.165) is 25.7 Å². The standard InChI is InChI=1S/C16H27FO2/c1-4-5-10-16(2,15-19-14-13-18-3)11-8-6-7-9-12-17/h7,9H,4,6,8,11-15H2,1-3H3/b9-7+/t16-/m1/s1. The van der Waals surface area contributed by atoms with Crippen molar-refractivity contribution in [3.8, 4) is 11.8 Å². The van der Waals surface area contributed by atoms with Crippen LogP contribution >= 0.6 is 0 Å². The number of hydrogen-bond acceptors (Lipinski definition) is 2. The Morgan fingerprint density at radius 1 is 1.26 bits per heavy atom. The van der Waals surface area contributed by atoms with Gasteiger partial charge in [-0.25, -0.2) is 4.39 Å². The Labute approximate surface area is 117 Å². The lowest BCUT2D eigenvalue weighted by Crippen LogP contribution is -2.22. The summed E-state index contributed by atoms with van der Waals surface area (Å²) in [6.07, 6.45) is 7.16. The third kappa shape index (κ3) is 10.7. The van der Waals surface area contributed by atoms with Crippen molar-refractivity contribution in [3.63, 3.8) is 0 Å². The van der Waals surface area contributed by atoms with Crippen LogP contribution in [0.1, 0.15) is 39.5 Å². The fourth-order valence-electron chi connectivity index (χ4n) is 1.70. The zero-order chi connectivity index (χ0) is 14.4. The van der Waals surface area contributed by atoms with Crippen LogP contribution < -0.4 is 0 Å². The Balaban J connectivity index is 4.14. The second-order valence-electron chi connectivity index (χ2n) is 4.78. The van der Waals surface area contributed by atoms with E-state index in [-0.39, 0.29) is 12.1 Å². The summed E-state index contributed by atoms with van der Waals surface area (Å²) < 4.78 is 22.5. The summed E-state index contributed by atoms with van der Waals surface area (Å²) in [6.45, 7) is 5.62. The number of allylic oxidation sites excluding steroid dienone is 2. The van der Waals surface area contributed by atoms with Gasteiger partial charge in [-0.3, -0.25) is 0 Å². The molecule has 1 atom stereocenters. The van der Waals surface area contributed by atoms with Crippen molar-refractivity contribution >= 4 is 0 Å². The topological polar surface area (TPSA) is 18.5 Å². The highest BCUT2D eigenvalue weighted by atomic mass is 19.1. The summed E-state index contributed by atoms with van der Waals surface area (Å²) in [5.41, 5.74) is -0.118. The first-order chi connectivity index (χ1) is 9.18. The van der Waals surface area contributed by atoms with Gasteiger partial charge in [0.25, 0.3) is 0 Å². The molecule has 0 amide bonds. The van der Waals surface area contributed by atoms with Crippen LogP contribution in [-0.4, -0.2) is 33.6 Å². The predicted octanol–water partition coefficient (Wildman–Crippen LogP) is 3.77. The largest absolute Gasteiger partial charge is 0.382 e. The van der Waals surface area contributed by atoms with Crippen molar-refractivity contribution in [2.24, 2.45) is 5.41 Å². The van der Waals surface area contributed by atoms with Crippen LogP contribution in [0.15, 0.2) is 12.2 Å². The molecule has 19 heavy (non-hydrogen) atoms. The number of halogens is 1. The zero-order valence-corrected chi connectivity index (χ0v) is 12.5. The summed E-state index contributed by atoms with van der Waals surface area (Å²) in [5, 5.41) is 0. The molecule has 0 aliphatic heterocycles. The van der Waals surface area contributed by atoms with Crippen molar-refractivity contribution in [3.05, 3.63) is 12.2 Å². The molecule has 0 aromatic carbocycles. The molecule has 0 N–H and O–H groups in total. The molecule has 0 unspecified atom stereocenters. The maximum absolute atomic E-state index is 11.9. The number of unbranched alkanes of at least 4 members (excludes halogenated alkanes) is 1. The van der Waals surface area contributed by atoms with Crippen LogP contribution in [0.25, 0.3) is 0 Å². The van der Waals surface area contributed by atoms with E-state index in [2.05, 4.69) is 18.8 Å². The average molecular weight is 270 g/mol. The first-order valence-electron chi connectivity index (χ1n) is 6.96. The van der Waals surface area contributed by atoms with Gasteiger partial charge in [0, 0.05) is 13.5 Å². The van der Waals surface area contributed by atoms with Gasteiger partial charge in [-0.2, -0.15) is 0 Å². The molecule has 0 aromatic heterocycles. The van der Waals surface area contributed by atoms with Crippen LogP contribution in [0.5, 0.6) is 0 Å². The molecule has 0 aromatic rings. The molecule has 0 aliphatic carbocycles. The maximum Gasteiger partial charge on any atom is 0.108 e. The molecule has 110 valence electrons. The van der Waals surface area contributed by atoms with E-state index < -0.39 is 0 Å². The summed E-state index contributed by atoms with van der Waals surface area (Å²) in [7, 11) is 1.66. The van der Waals surface area contributed by atoms with E-state index in [1.54, 1.807) is 13.2 Å². The highest BCUT2D eigenvalue weighted by Crippen LogP contribution is 2.24. The summed E-state index contributed by atoms with van der Waals surface area (Å²) in [5.74, 6) is 6.44. The maximum atomic E-state index is 11.9. The second kappa shape index (κ2) is 12.2. The molecule has 0 fully saturated rings. The van der Waals surface area contributed by atoms with Gasteiger partial charge in [-0.15, -0.1) is 5.92 Å². The first kappa shape index (κ1) is 18.1. The summed E-state index contributed by atoms with van der Waals surface area (Å²) >= 11 is 0. The van der Waals surface area contributed by atoms with E-state index in [1.807, 2.05) is 13.0 Å². The molecule has 0 saturated carbocycles. The Morgan fingerprint density at radius 3 is 2.68 bits per heavy atom. The predicted molar refractivity (Wildman–Crippen MR) is 77.8 cm³/mol. The lowest BCUT2D eigenvalue weighted by molar-refractivity contribution is 0.0365. The monoisotopic (exact) mass is 270 g/mol. The quantitative estimate of drug-likeness (QED) is 0.342. The van der Waals surface area contributed by atoms with Crippen molar-refractivity contribution < 1.29 is 13.9 Å². The van der Waals surface area contributed by atoms with E-state index in [0.29, 0.717) is 19.8 Å². The van der Waals surface area contributed by atoms with Gasteiger partial charge in [0.05, 0.1) is 25.2 Å². The Hall–Kier alpha value is -0.850.